The van der Waals surface area contributed by atoms with Crippen LogP contribution in [0.15, 0.2) is 18.3 Å². The number of rotatable bonds is 6. The van der Waals surface area contributed by atoms with E-state index >= 15 is 0 Å². The number of hydrogen-bond donors (Lipinski definition) is 2. The van der Waals surface area contributed by atoms with Crippen LogP contribution in [0.1, 0.15) is 25.3 Å². The smallest absolute Gasteiger partial charge is 0.128 e. The molecule has 0 amide bonds. The third kappa shape index (κ3) is 3.48. The molecule has 1 aromatic rings. The average Bonchev–Trinajstić information content (AvgIpc) is 2.53. The molecule has 0 bridgehead atoms. The zero-order valence-electron chi connectivity index (χ0n) is 12.4. The first-order chi connectivity index (χ1) is 9.73. The van der Waals surface area contributed by atoms with Gasteiger partial charge in [-0.15, -0.1) is 0 Å². The minimum atomic E-state index is -0.0990. The molecule has 1 aromatic heterocycles. The molecule has 20 heavy (non-hydrogen) atoms. The highest BCUT2D eigenvalue weighted by Crippen LogP contribution is 2.26. The van der Waals surface area contributed by atoms with Crippen LogP contribution in [0.25, 0.3) is 0 Å². The molecule has 5 nitrogen and oxygen atoms in total. The summed E-state index contributed by atoms with van der Waals surface area (Å²) < 4.78 is 5.83. The Kier molecular flexibility index (Phi) is 5.34. The van der Waals surface area contributed by atoms with Crippen LogP contribution in [0.5, 0.6) is 0 Å². The summed E-state index contributed by atoms with van der Waals surface area (Å²) >= 11 is 0. The van der Waals surface area contributed by atoms with Crippen LogP contribution in [0.4, 0.5) is 5.82 Å². The Hall–Kier alpha value is -1.17. The number of aromatic nitrogens is 1. The monoisotopic (exact) mass is 279 g/mol. The van der Waals surface area contributed by atoms with E-state index < -0.39 is 0 Å². The summed E-state index contributed by atoms with van der Waals surface area (Å²) in [6.45, 7) is 5.87. The average molecular weight is 279 g/mol. The Morgan fingerprint density at radius 2 is 2.20 bits per heavy atom. The normalized spacial score (nSPS) is 17.9. The fourth-order valence-corrected chi connectivity index (χ4v) is 2.74. The Bertz CT molecular complexity index is 419. The number of aliphatic hydroxyl groups is 1. The number of ether oxygens (including phenoxy) is 1. The van der Waals surface area contributed by atoms with Crippen molar-refractivity contribution in [2.45, 2.75) is 32.0 Å². The van der Waals surface area contributed by atoms with Gasteiger partial charge in [-0.25, -0.2) is 4.98 Å². The molecule has 2 heterocycles. The van der Waals surface area contributed by atoms with Gasteiger partial charge in [0.2, 0.25) is 0 Å². The molecular weight excluding hydrogens is 254 g/mol. The molecule has 1 saturated heterocycles. The van der Waals surface area contributed by atoms with Gasteiger partial charge in [0.15, 0.2) is 0 Å². The van der Waals surface area contributed by atoms with Crippen LogP contribution in [-0.2, 0) is 11.3 Å². The van der Waals surface area contributed by atoms with Crippen molar-refractivity contribution in [1.82, 2.24) is 10.3 Å². The standard InChI is InChI=1S/C15H25N3O2/c1-3-18(14-10-13(11-19)4-7-17-14)12-15(20-2)5-8-16-9-6-15/h4,7,10,16,19H,3,5-6,8-9,11-12H2,1-2H3. The van der Waals surface area contributed by atoms with Gasteiger partial charge in [0.25, 0.3) is 0 Å². The number of anilines is 1. The number of likely N-dealkylation sites (N-methyl/N-ethyl adjacent to an activating group) is 1. The van der Waals surface area contributed by atoms with Crippen LogP contribution >= 0.6 is 0 Å². The van der Waals surface area contributed by atoms with Gasteiger partial charge in [-0.05, 0) is 50.6 Å². The van der Waals surface area contributed by atoms with Gasteiger partial charge < -0.3 is 20.1 Å². The van der Waals surface area contributed by atoms with E-state index in [9.17, 15) is 5.11 Å². The maximum Gasteiger partial charge on any atom is 0.128 e. The predicted octanol–water partition coefficient (Wildman–Crippen LogP) is 1.17. The van der Waals surface area contributed by atoms with Gasteiger partial charge in [0.05, 0.1) is 12.2 Å². The first-order valence-corrected chi connectivity index (χ1v) is 7.29. The van der Waals surface area contributed by atoms with Gasteiger partial charge in [0, 0.05) is 26.4 Å². The topological polar surface area (TPSA) is 57.6 Å². The molecule has 1 aliphatic rings. The summed E-state index contributed by atoms with van der Waals surface area (Å²) in [7, 11) is 1.80. The fourth-order valence-electron chi connectivity index (χ4n) is 2.74. The van der Waals surface area contributed by atoms with Gasteiger partial charge >= 0.3 is 0 Å². The Labute approximate surface area is 121 Å². The van der Waals surface area contributed by atoms with Crippen molar-refractivity contribution < 1.29 is 9.84 Å². The molecule has 0 saturated carbocycles. The molecule has 0 unspecified atom stereocenters. The Morgan fingerprint density at radius 3 is 2.80 bits per heavy atom. The third-order valence-electron chi connectivity index (χ3n) is 4.13. The van der Waals surface area contributed by atoms with Crippen molar-refractivity contribution in [2.75, 3.05) is 38.2 Å². The van der Waals surface area contributed by atoms with Gasteiger partial charge in [-0.1, -0.05) is 0 Å². The van der Waals surface area contributed by atoms with Crippen LogP contribution < -0.4 is 10.2 Å². The highest BCUT2D eigenvalue weighted by atomic mass is 16.5. The van der Waals surface area contributed by atoms with Crippen molar-refractivity contribution in [1.29, 1.82) is 0 Å². The first-order valence-electron chi connectivity index (χ1n) is 7.29. The van der Waals surface area contributed by atoms with Crippen LogP contribution in [0.3, 0.4) is 0 Å². The maximum absolute atomic E-state index is 9.26. The SMILES string of the molecule is CCN(CC1(OC)CCNCC1)c1cc(CO)ccn1. The lowest BCUT2D eigenvalue weighted by molar-refractivity contribution is -0.0273. The number of aliphatic hydroxyl groups excluding tert-OH is 1. The lowest BCUT2D eigenvalue weighted by Gasteiger charge is -2.40. The number of pyridine rings is 1. The number of nitrogens with zero attached hydrogens (tertiary/aromatic N) is 2. The first kappa shape index (κ1) is 15.2. The minimum absolute atomic E-state index is 0.0480. The zero-order chi connectivity index (χ0) is 14.4. The van der Waals surface area contributed by atoms with Gasteiger partial charge in [0.1, 0.15) is 5.82 Å². The van der Waals surface area contributed by atoms with Crippen LogP contribution in [0.2, 0.25) is 0 Å². The second-order valence-corrected chi connectivity index (χ2v) is 5.33. The number of hydrogen-bond acceptors (Lipinski definition) is 5. The van der Waals surface area contributed by atoms with E-state index in [2.05, 4.69) is 22.1 Å². The van der Waals surface area contributed by atoms with Crippen molar-refractivity contribution >= 4 is 5.82 Å². The molecule has 0 atom stereocenters. The molecule has 0 spiro atoms. The van der Waals surface area contributed by atoms with Crippen molar-refractivity contribution in [3.63, 3.8) is 0 Å². The summed E-state index contributed by atoms with van der Waals surface area (Å²) in [6, 6.07) is 3.79. The highest BCUT2D eigenvalue weighted by molar-refractivity contribution is 5.41. The molecule has 2 rings (SSSR count). The second kappa shape index (κ2) is 7.02. The van der Waals surface area contributed by atoms with Crippen LogP contribution in [-0.4, -0.2) is 49.0 Å². The van der Waals surface area contributed by atoms with Crippen LogP contribution in [0, 0.1) is 0 Å². The van der Waals surface area contributed by atoms with E-state index in [1.54, 1.807) is 13.3 Å². The van der Waals surface area contributed by atoms with Crippen molar-refractivity contribution in [2.24, 2.45) is 0 Å². The van der Waals surface area contributed by atoms with E-state index in [0.29, 0.717) is 0 Å². The summed E-state index contributed by atoms with van der Waals surface area (Å²) in [6.07, 6.45) is 3.78. The summed E-state index contributed by atoms with van der Waals surface area (Å²) in [4.78, 5) is 6.66. The number of nitrogens with one attached hydrogen (secondary N) is 1. The summed E-state index contributed by atoms with van der Waals surface area (Å²) in [5.74, 6) is 0.911. The molecule has 0 radical (unpaired) electrons. The molecule has 1 fully saturated rings. The molecule has 0 aromatic carbocycles. The summed E-state index contributed by atoms with van der Waals surface area (Å²) in [5.41, 5.74) is 0.795. The fraction of sp³-hybridized carbons (Fsp3) is 0.667. The quantitative estimate of drug-likeness (QED) is 0.818. The van der Waals surface area contributed by atoms with E-state index in [1.807, 2.05) is 12.1 Å². The summed E-state index contributed by atoms with van der Waals surface area (Å²) in [5, 5.41) is 12.6. The van der Waals surface area contributed by atoms with Gasteiger partial charge in [-0.3, -0.25) is 0 Å². The Morgan fingerprint density at radius 1 is 1.45 bits per heavy atom. The van der Waals surface area contributed by atoms with E-state index in [4.69, 9.17) is 4.74 Å². The molecule has 0 aliphatic carbocycles. The number of methoxy groups -OCH3 is 1. The maximum atomic E-state index is 9.26. The largest absolute Gasteiger partial charge is 0.392 e. The highest BCUT2D eigenvalue weighted by Gasteiger charge is 2.34. The van der Waals surface area contributed by atoms with E-state index in [1.165, 1.54) is 0 Å². The zero-order valence-corrected chi connectivity index (χ0v) is 12.4. The molecule has 1 aliphatic heterocycles. The van der Waals surface area contributed by atoms with E-state index in [0.717, 1.165) is 50.4 Å². The predicted molar refractivity (Wildman–Crippen MR) is 79.9 cm³/mol. The molecule has 2 N–H and O–H groups in total. The third-order valence-corrected chi connectivity index (χ3v) is 4.13. The van der Waals surface area contributed by atoms with Gasteiger partial charge in [-0.2, -0.15) is 0 Å². The van der Waals surface area contributed by atoms with E-state index in [-0.39, 0.29) is 12.2 Å². The lowest BCUT2D eigenvalue weighted by atomic mass is 9.91. The second-order valence-electron chi connectivity index (χ2n) is 5.33. The minimum Gasteiger partial charge on any atom is -0.392 e. The van der Waals surface area contributed by atoms with Crippen molar-refractivity contribution in [3.05, 3.63) is 23.9 Å². The lowest BCUT2D eigenvalue weighted by Crippen LogP contribution is -2.51. The Balaban J connectivity index is 2.14. The molecule has 112 valence electrons. The number of piperidine rings is 1. The molecular formula is C15H25N3O2. The van der Waals surface area contributed by atoms with Crippen molar-refractivity contribution in [3.8, 4) is 0 Å². The molecule has 5 heteroatoms.